The van der Waals surface area contributed by atoms with E-state index < -0.39 is 12.0 Å². The standard InChI is InChI=1S/C16H18BrN5O2/c1-6-4-5-9(23)7(2)12(6)22-14(18)10(15(19)24)11-16(22)21-13(17)8(3)20-11/h4-5,7,9,23H,18H2,1-3H3,(H2,19,24)/t7-,9-/m1/s1. The number of nitrogens with zero attached hydrogens (tertiary/aromatic N) is 3. The molecule has 2 heterocycles. The lowest BCUT2D eigenvalue weighted by Crippen LogP contribution is -2.24. The Morgan fingerprint density at radius 3 is 2.67 bits per heavy atom. The van der Waals surface area contributed by atoms with Crippen molar-refractivity contribution in [3.8, 4) is 0 Å². The predicted molar refractivity (Wildman–Crippen MR) is 96.1 cm³/mol. The summed E-state index contributed by atoms with van der Waals surface area (Å²) in [7, 11) is 0. The number of anilines is 1. The average molecular weight is 392 g/mol. The number of aliphatic hydroxyl groups excluding tert-OH is 1. The molecule has 5 N–H and O–H groups in total. The van der Waals surface area contributed by atoms with Gasteiger partial charge in [0.1, 0.15) is 21.5 Å². The highest BCUT2D eigenvalue weighted by Crippen LogP contribution is 2.37. The summed E-state index contributed by atoms with van der Waals surface area (Å²) in [6.45, 7) is 5.58. The van der Waals surface area contributed by atoms with Crippen LogP contribution in [-0.2, 0) is 0 Å². The third-order valence-corrected chi connectivity index (χ3v) is 5.07. The van der Waals surface area contributed by atoms with Gasteiger partial charge in [0.05, 0.1) is 11.8 Å². The Bertz CT molecular complexity index is 928. The van der Waals surface area contributed by atoms with Gasteiger partial charge in [-0.15, -0.1) is 0 Å². The van der Waals surface area contributed by atoms with Crippen LogP contribution in [0.1, 0.15) is 29.9 Å². The molecule has 0 bridgehead atoms. The lowest BCUT2D eigenvalue weighted by Gasteiger charge is -2.27. The highest BCUT2D eigenvalue weighted by molar-refractivity contribution is 9.10. The minimum absolute atomic E-state index is 0.143. The number of nitrogens with two attached hydrogens (primary N) is 2. The molecule has 8 heteroatoms. The summed E-state index contributed by atoms with van der Waals surface area (Å²) in [6.07, 6.45) is 2.90. The molecule has 2 aromatic heterocycles. The number of aryl methyl sites for hydroxylation is 1. The molecule has 2 aromatic rings. The molecule has 1 amide bonds. The molecule has 0 spiro atoms. The topological polar surface area (TPSA) is 120 Å². The van der Waals surface area contributed by atoms with E-state index in [2.05, 4.69) is 25.9 Å². The zero-order chi connectivity index (χ0) is 17.8. The molecule has 0 aromatic carbocycles. The molecule has 24 heavy (non-hydrogen) atoms. The number of rotatable bonds is 2. The van der Waals surface area contributed by atoms with Crippen molar-refractivity contribution >= 4 is 44.5 Å². The molecule has 7 nitrogen and oxygen atoms in total. The monoisotopic (exact) mass is 391 g/mol. The fourth-order valence-corrected chi connectivity index (χ4v) is 3.30. The molecule has 0 saturated heterocycles. The molecule has 126 valence electrons. The highest BCUT2D eigenvalue weighted by Gasteiger charge is 2.30. The summed E-state index contributed by atoms with van der Waals surface area (Å²) in [5.74, 6) is -0.709. The zero-order valence-corrected chi connectivity index (χ0v) is 15.1. The van der Waals surface area contributed by atoms with Gasteiger partial charge in [-0.2, -0.15) is 0 Å². The van der Waals surface area contributed by atoms with Gasteiger partial charge < -0.3 is 16.6 Å². The fraction of sp³-hybridized carbons (Fsp3) is 0.312. The van der Waals surface area contributed by atoms with Crippen molar-refractivity contribution in [1.29, 1.82) is 0 Å². The number of halogens is 1. The number of hydrogen-bond donors (Lipinski definition) is 3. The van der Waals surface area contributed by atoms with Crippen LogP contribution in [0.3, 0.4) is 0 Å². The maximum Gasteiger partial charge on any atom is 0.254 e. The van der Waals surface area contributed by atoms with Gasteiger partial charge in [0.25, 0.3) is 5.91 Å². The third kappa shape index (κ3) is 2.33. The van der Waals surface area contributed by atoms with Crippen LogP contribution in [0.4, 0.5) is 5.82 Å². The predicted octanol–water partition coefficient (Wildman–Crippen LogP) is 1.98. The minimum Gasteiger partial charge on any atom is -0.388 e. The molecule has 0 fully saturated rings. The number of primary amides is 1. The summed E-state index contributed by atoms with van der Waals surface area (Å²) in [4.78, 5) is 20.9. The van der Waals surface area contributed by atoms with Gasteiger partial charge in [-0.05, 0) is 35.4 Å². The zero-order valence-electron chi connectivity index (χ0n) is 13.5. The normalized spacial score (nSPS) is 20.9. The quantitative estimate of drug-likeness (QED) is 0.722. The van der Waals surface area contributed by atoms with Gasteiger partial charge >= 0.3 is 0 Å². The van der Waals surface area contributed by atoms with E-state index in [1.807, 2.05) is 19.9 Å². The first-order valence-electron chi connectivity index (χ1n) is 7.45. The number of aliphatic hydroxyl groups is 1. The number of amides is 1. The summed E-state index contributed by atoms with van der Waals surface area (Å²) in [6, 6.07) is 0. The van der Waals surface area contributed by atoms with E-state index in [4.69, 9.17) is 11.5 Å². The first-order chi connectivity index (χ1) is 11.2. The van der Waals surface area contributed by atoms with Gasteiger partial charge in [-0.1, -0.05) is 19.1 Å². The van der Waals surface area contributed by atoms with Crippen LogP contribution in [-0.4, -0.2) is 31.7 Å². The number of aromatic nitrogens is 3. The maximum atomic E-state index is 11.9. The van der Waals surface area contributed by atoms with Crippen LogP contribution in [0.2, 0.25) is 0 Å². The fourth-order valence-electron chi connectivity index (χ4n) is 3.04. The lowest BCUT2D eigenvalue weighted by molar-refractivity contribution is 0.100. The molecule has 1 aliphatic carbocycles. The number of carbonyl (C=O) groups excluding carboxylic acids is 1. The third-order valence-electron chi connectivity index (χ3n) is 4.32. The van der Waals surface area contributed by atoms with Crippen molar-refractivity contribution in [2.24, 2.45) is 11.7 Å². The molecule has 0 saturated carbocycles. The summed E-state index contributed by atoms with van der Waals surface area (Å²) >= 11 is 3.36. The summed E-state index contributed by atoms with van der Waals surface area (Å²) in [5, 5.41) is 10.2. The number of hydrogen-bond acceptors (Lipinski definition) is 5. The Hall–Kier alpha value is -2.19. The number of nitrogen functional groups attached to an aromatic ring is 1. The molecule has 1 aliphatic rings. The van der Waals surface area contributed by atoms with E-state index in [9.17, 15) is 9.90 Å². The van der Waals surface area contributed by atoms with Crippen molar-refractivity contribution < 1.29 is 9.90 Å². The van der Waals surface area contributed by atoms with Gasteiger partial charge in [0.15, 0.2) is 5.65 Å². The number of fused-ring (bicyclic) bond motifs is 1. The molecule has 0 aliphatic heterocycles. The van der Waals surface area contributed by atoms with Crippen LogP contribution in [0.15, 0.2) is 22.3 Å². The highest BCUT2D eigenvalue weighted by atomic mass is 79.9. The maximum absolute atomic E-state index is 11.9. The molecule has 0 unspecified atom stereocenters. The van der Waals surface area contributed by atoms with Crippen LogP contribution < -0.4 is 11.5 Å². The minimum atomic E-state index is -0.662. The number of allylic oxidation sites excluding steroid dienone is 2. The average Bonchev–Trinajstić information content (AvgIpc) is 2.77. The van der Waals surface area contributed by atoms with Crippen molar-refractivity contribution in [2.45, 2.75) is 26.9 Å². The van der Waals surface area contributed by atoms with Crippen molar-refractivity contribution in [3.05, 3.63) is 33.6 Å². The Labute approximate surface area is 147 Å². The Morgan fingerprint density at radius 1 is 1.38 bits per heavy atom. The van der Waals surface area contributed by atoms with Crippen LogP contribution in [0.25, 0.3) is 16.9 Å². The largest absolute Gasteiger partial charge is 0.388 e. The van der Waals surface area contributed by atoms with E-state index in [1.54, 1.807) is 17.6 Å². The van der Waals surface area contributed by atoms with Gasteiger partial charge in [-0.25, -0.2) is 9.97 Å². The smallest absolute Gasteiger partial charge is 0.254 e. The van der Waals surface area contributed by atoms with E-state index in [1.165, 1.54) is 0 Å². The van der Waals surface area contributed by atoms with Crippen LogP contribution in [0, 0.1) is 12.8 Å². The Balaban J connectivity index is 2.45. The molecular formula is C16H18BrN5O2. The van der Waals surface area contributed by atoms with Crippen molar-refractivity contribution in [2.75, 3.05) is 5.73 Å². The van der Waals surface area contributed by atoms with E-state index in [-0.39, 0.29) is 17.3 Å². The summed E-state index contributed by atoms with van der Waals surface area (Å²) < 4.78 is 2.22. The van der Waals surface area contributed by atoms with Gasteiger partial charge in [0.2, 0.25) is 0 Å². The molecular weight excluding hydrogens is 374 g/mol. The van der Waals surface area contributed by atoms with Gasteiger partial charge in [0, 0.05) is 11.6 Å². The SMILES string of the molecule is CC1=C(n2c(N)c(C(N)=O)c3nc(C)c(Br)nc32)[C@H](C)[C@H](O)C=C1. The lowest BCUT2D eigenvalue weighted by atomic mass is 9.91. The number of carbonyl (C=O) groups is 1. The first-order valence-corrected chi connectivity index (χ1v) is 8.24. The Morgan fingerprint density at radius 2 is 2.04 bits per heavy atom. The van der Waals surface area contributed by atoms with E-state index >= 15 is 0 Å². The van der Waals surface area contributed by atoms with Crippen LogP contribution in [0.5, 0.6) is 0 Å². The second-order valence-electron chi connectivity index (χ2n) is 5.94. The first kappa shape index (κ1) is 16.7. The van der Waals surface area contributed by atoms with E-state index in [0.717, 1.165) is 11.3 Å². The van der Waals surface area contributed by atoms with Crippen LogP contribution >= 0.6 is 15.9 Å². The van der Waals surface area contributed by atoms with E-state index in [0.29, 0.717) is 21.5 Å². The molecule has 2 atom stereocenters. The summed E-state index contributed by atoms with van der Waals surface area (Å²) in [5.41, 5.74) is 15.0. The second kappa shape index (κ2) is 5.71. The second-order valence-corrected chi connectivity index (χ2v) is 6.69. The Kier molecular flexibility index (Phi) is 3.97. The van der Waals surface area contributed by atoms with Crippen molar-refractivity contribution in [3.63, 3.8) is 0 Å². The van der Waals surface area contributed by atoms with Gasteiger partial charge in [-0.3, -0.25) is 9.36 Å². The molecule has 0 radical (unpaired) electrons. The molecule has 3 rings (SSSR count). The van der Waals surface area contributed by atoms with Crippen molar-refractivity contribution in [1.82, 2.24) is 14.5 Å².